The van der Waals surface area contributed by atoms with E-state index in [1.54, 1.807) is 7.05 Å². The number of hydrogen-bond donors (Lipinski definition) is 0. The zero-order chi connectivity index (χ0) is 12.9. The lowest BCUT2D eigenvalue weighted by Crippen LogP contribution is -2.40. The van der Waals surface area contributed by atoms with Gasteiger partial charge in [0.25, 0.3) is 0 Å². The van der Waals surface area contributed by atoms with Crippen molar-refractivity contribution in [3.63, 3.8) is 0 Å². The van der Waals surface area contributed by atoms with Crippen LogP contribution in [0.4, 0.5) is 0 Å². The number of likely N-dealkylation sites (N-methyl/N-ethyl adjacent to an activating group) is 2. The van der Waals surface area contributed by atoms with Crippen LogP contribution in [-0.2, 0) is 10.0 Å². The van der Waals surface area contributed by atoms with Gasteiger partial charge >= 0.3 is 0 Å². The van der Waals surface area contributed by atoms with Crippen LogP contribution in [0.15, 0.2) is 0 Å². The molecule has 1 fully saturated rings. The first-order chi connectivity index (χ1) is 7.97. The van der Waals surface area contributed by atoms with Crippen LogP contribution < -0.4 is 0 Å². The molecule has 0 aromatic heterocycles. The van der Waals surface area contributed by atoms with Gasteiger partial charge in [-0.05, 0) is 39.3 Å². The van der Waals surface area contributed by atoms with Crippen molar-refractivity contribution in [3.8, 4) is 0 Å². The molecule has 0 aliphatic carbocycles. The molecule has 1 aliphatic heterocycles. The molecule has 102 valence electrons. The van der Waals surface area contributed by atoms with Gasteiger partial charge in [0.1, 0.15) is 0 Å². The zero-order valence-electron chi connectivity index (χ0n) is 10.7. The average molecular weight is 283 g/mol. The molecule has 0 bridgehead atoms. The third-order valence-electron chi connectivity index (χ3n) is 3.40. The maximum atomic E-state index is 12.0. The first kappa shape index (κ1) is 15.2. The summed E-state index contributed by atoms with van der Waals surface area (Å²) < 4.78 is 25.4. The van der Waals surface area contributed by atoms with Gasteiger partial charge in [-0.2, -0.15) is 0 Å². The highest BCUT2D eigenvalue weighted by atomic mass is 35.5. The molecule has 1 atom stereocenters. The number of likely N-dealkylation sites (tertiary alicyclic amines) is 1. The van der Waals surface area contributed by atoms with E-state index in [1.165, 1.54) is 10.7 Å². The monoisotopic (exact) mass is 282 g/mol. The first-order valence-corrected chi connectivity index (χ1v) is 8.32. The van der Waals surface area contributed by atoms with Crippen LogP contribution in [-0.4, -0.2) is 62.5 Å². The van der Waals surface area contributed by atoms with E-state index < -0.39 is 10.0 Å². The van der Waals surface area contributed by atoms with Gasteiger partial charge < -0.3 is 4.90 Å². The summed E-state index contributed by atoms with van der Waals surface area (Å²) in [5, 5.41) is 0. The molecule has 0 N–H and O–H groups in total. The molecule has 0 saturated carbocycles. The van der Waals surface area contributed by atoms with Crippen LogP contribution in [0.25, 0.3) is 0 Å². The van der Waals surface area contributed by atoms with E-state index in [2.05, 4.69) is 11.9 Å². The lowest BCUT2D eigenvalue weighted by atomic mass is 10.2. The highest BCUT2D eigenvalue weighted by Crippen LogP contribution is 2.17. The molecule has 0 aromatic carbocycles. The largest absolute Gasteiger partial charge is 0.302 e. The number of alkyl halides is 1. The predicted octanol–water partition coefficient (Wildman–Crippen LogP) is 1.36. The Kier molecular flexibility index (Phi) is 6.20. The Morgan fingerprint density at radius 2 is 2.12 bits per heavy atom. The van der Waals surface area contributed by atoms with E-state index in [1.807, 2.05) is 0 Å². The molecular formula is C11H23ClN2O2S. The molecule has 0 aromatic rings. The maximum Gasteiger partial charge on any atom is 0.213 e. The van der Waals surface area contributed by atoms with Gasteiger partial charge in [-0.25, -0.2) is 12.7 Å². The van der Waals surface area contributed by atoms with E-state index in [0.29, 0.717) is 24.9 Å². The fourth-order valence-electron chi connectivity index (χ4n) is 2.16. The van der Waals surface area contributed by atoms with Crippen molar-refractivity contribution in [1.82, 2.24) is 9.21 Å². The van der Waals surface area contributed by atoms with E-state index in [0.717, 1.165) is 19.4 Å². The Morgan fingerprint density at radius 3 is 2.65 bits per heavy atom. The summed E-state index contributed by atoms with van der Waals surface area (Å²) in [6, 6.07) is 0.378. The fourth-order valence-corrected chi connectivity index (χ4v) is 3.62. The molecule has 0 radical (unpaired) electrons. The van der Waals surface area contributed by atoms with Crippen LogP contribution in [0.2, 0.25) is 0 Å². The molecule has 1 unspecified atom stereocenters. The smallest absolute Gasteiger partial charge is 0.213 e. The number of rotatable bonds is 7. The summed E-state index contributed by atoms with van der Waals surface area (Å²) in [6.45, 7) is 1.69. The normalized spacial score (nSPS) is 22.5. The number of nitrogens with zero attached hydrogens (tertiary/aromatic N) is 2. The highest BCUT2D eigenvalue weighted by molar-refractivity contribution is 7.89. The second-order valence-corrected chi connectivity index (χ2v) is 7.34. The lowest BCUT2D eigenvalue weighted by molar-refractivity contribution is 0.271. The fraction of sp³-hybridized carbons (Fsp3) is 1.00. The molecule has 4 nitrogen and oxygen atoms in total. The molecule has 1 rings (SSSR count). The molecule has 1 heterocycles. The number of hydrogen-bond acceptors (Lipinski definition) is 3. The quantitative estimate of drug-likeness (QED) is 0.523. The SMILES string of the molecule is CN1CCCC1CN(C)S(=O)(=O)CCCCCl. The van der Waals surface area contributed by atoms with Crippen molar-refractivity contribution in [2.24, 2.45) is 0 Å². The summed E-state index contributed by atoms with van der Waals surface area (Å²) in [5.74, 6) is 0.747. The third kappa shape index (κ3) is 4.73. The number of halogens is 1. The summed E-state index contributed by atoms with van der Waals surface area (Å²) in [7, 11) is 0.648. The Balaban J connectivity index is 2.42. The lowest BCUT2D eigenvalue weighted by Gasteiger charge is -2.25. The minimum Gasteiger partial charge on any atom is -0.302 e. The molecule has 0 spiro atoms. The zero-order valence-corrected chi connectivity index (χ0v) is 12.3. The molecule has 1 saturated heterocycles. The minimum atomic E-state index is -3.10. The minimum absolute atomic E-state index is 0.215. The van der Waals surface area contributed by atoms with Crippen LogP contribution in [0.1, 0.15) is 25.7 Å². The van der Waals surface area contributed by atoms with Crippen molar-refractivity contribution in [1.29, 1.82) is 0 Å². The van der Waals surface area contributed by atoms with Gasteiger partial charge in [-0.3, -0.25) is 0 Å². The second-order valence-electron chi connectivity index (χ2n) is 4.77. The summed E-state index contributed by atoms with van der Waals surface area (Å²) in [4.78, 5) is 2.24. The topological polar surface area (TPSA) is 40.6 Å². The summed E-state index contributed by atoms with van der Waals surface area (Å²) in [6.07, 6.45) is 3.67. The van der Waals surface area contributed by atoms with Crippen molar-refractivity contribution in [3.05, 3.63) is 0 Å². The number of unbranched alkanes of at least 4 members (excludes halogenated alkanes) is 1. The summed E-state index contributed by atoms with van der Waals surface area (Å²) in [5.41, 5.74) is 0. The first-order valence-electron chi connectivity index (χ1n) is 6.17. The van der Waals surface area contributed by atoms with E-state index in [9.17, 15) is 8.42 Å². The van der Waals surface area contributed by atoms with Crippen molar-refractivity contribution in [2.45, 2.75) is 31.7 Å². The van der Waals surface area contributed by atoms with Gasteiger partial charge in [0.2, 0.25) is 10.0 Å². The van der Waals surface area contributed by atoms with Crippen molar-refractivity contribution < 1.29 is 8.42 Å². The van der Waals surface area contributed by atoms with Gasteiger partial charge in [0.05, 0.1) is 5.75 Å². The Morgan fingerprint density at radius 1 is 1.41 bits per heavy atom. The van der Waals surface area contributed by atoms with Crippen LogP contribution in [0.3, 0.4) is 0 Å². The number of sulfonamides is 1. The highest BCUT2D eigenvalue weighted by Gasteiger charge is 2.26. The van der Waals surface area contributed by atoms with Crippen LogP contribution >= 0.6 is 11.6 Å². The average Bonchev–Trinajstić information content (AvgIpc) is 2.64. The van der Waals surface area contributed by atoms with Gasteiger partial charge in [0.15, 0.2) is 0 Å². The third-order valence-corrected chi connectivity index (χ3v) is 5.57. The van der Waals surface area contributed by atoms with Gasteiger partial charge in [-0.15, -0.1) is 11.6 Å². The van der Waals surface area contributed by atoms with E-state index in [4.69, 9.17) is 11.6 Å². The standard InChI is InChI=1S/C11H23ClN2O2S/c1-13-8-5-6-11(13)10-14(2)17(15,16)9-4-3-7-12/h11H,3-10H2,1-2H3. The predicted molar refractivity (Wildman–Crippen MR) is 72.0 cm³/mol. The van der Waals surface area contributed by atoms with Gasteiger partial charge in [-0.1, -0.05) is 0 Å². The van der Waals surface area contributed by atoms with Crippen molar-refractivity contribution in [2.75, 3.05) is 38.8 Å². The molecule has 0 amide bonds. The molecule has 17 heavy (non-hydrogen) atoms. The maximum absolute atomic E-state index is 12.0. The van der Waals surface area contributed by atoms with Crippen molar-refractivity contribution >= 4 is 21.6 Å². The summed E-state index contributed by atoms with van der Waals surface area (Å²) >= 11 is 5.55. The Hall–Kier alpha value is 0.160. The van der Waals surface area contributed by atoms with Gasteiger partial charge in [0, 0.05) is 25.5 Å². The molecule has 1 aliphatic rings. The Bertz CT molecular complexity index is 321. The Labute approximate surface area is 110 Å². The second kappa shape index (κ2) is 6.92. The van der Waals surface area contributed by atoms with Crippen LogP contribution in [0.5, 0.6) is 0 Å². The molecular weight excluding hydrogens is 260 g/mol. The van der Waals surface area contributed by atoms with E-state index in [-0.39, 0.29) is 5.75 Å². The molecule has 6 heteroatoms. The van der Waals surface area contributed by atoms with E-state index >= 15 is 0 Å². The van der Waals surface area contributed by atoms with Crippen LogP contribution in [0, 0.1) is 0 Å².